The zero-order valence-corrected chi connectivity index (χ0v) is 14.3. The van der Waals surface area contributed by atoms with Crippen molar-refractivity contribution in [1.82, 2.24) is 9.97 Å². The molecule has 0 radical (unpaired) electrons. The van der Waals surface area contributed by atoms with E-state index < -0.39 is 0 Å². The number of rotatable bonds is 3. The fourth-order valence-corrected chi connectivity index (χ4v) is 4.23. The molecule has 4 nitrogen and oxygen atoms in total. The predicted octanol–water partition coefficient (Wildman–Crippen LogP) is 4.40. The Balaban J connectivity index is 1.65. The van der Waals surface area contributed by atoms with Gasteiger partial charge in [0.2, 0.25) is 5.91 Å². The van der Waals surface area contributed by atoms with Gasteiger partial charge in [0, 0.05) is 22.2 Å². The molecule has 0 spiro atoms. The van der Waals surface area contributed by atoms with Crippen molar-refractivity contribution in [2.75, 3.05) is 10.7 Å². The van der Waals surface area contributed by atoms with Crippen LogP contribution in [0.2, 0.25) is 0 Å². The third-order valence-corrected chi connectivity index (χ3v) is 5.54. The second-order valence-electron chi connectivity index (χ2n) is 5.09. The summed E-state index contributed by atoms with van der Waals surface area (Å²) in [6.45, 7) is 0. The molecule has 3 aromatic rings. The molecule has 4 rings (SSSR count). The van der Waals surface area contributed by atoms with Crippen molar-refractivity contribution in [3.05, 3.63) is 67.0 Å². The maximum atomic E-state index is 12.9. The minimum atomic E-state index is 0.0210. The molecule has 0 bridgehead atoms. The van der Waals surface area contributed by atoms with Crippen LogP contribution in [0, 0.1) is 0 Å². The standard InChI is InChI=1S/C18H13N3OS2/c22-17(12-23-18-19-10-5-11-20-18)21-13-6-1-3-8-15(13)24-16-9-4-2-7-14(16)21/h1-11H,12H2. The van der Waals surface area contributed by atoms with Gasteiger partial charge in [0.05, 0.1) is 17.1 Å². The van der Waals surface area contributed by atoms with Gasteiger partial charge in [-0.25, -0.2) is 9.97 Å². The van der Waals surface area contributed by atoms with Gasteiger partial charge >= 0.3 is 0 Å². The normalized spacial score (nSPS) is 12.4. The summed E-state index contributed by atoms with van der Waals surface area (Å²) in [7, 11) is 0. The first-order valence-corrected chi connectivity index (χ1v) is 9.22. The Bertz CT molecular complexity index is 841. The number of carbonyl (C=O) groups excluding carboxylic acids is 1. The number of hydrogen-bond donors (Lipinski definition) is 0. The minimum absolute atomic E-state index is 0.0210. The van der Waals surface area contributed by atoms with Crippen molar-refractivity contribution in [2.45, 2.75) is 14.9 Å². The van der Waals surface area contributed by atoms with E-state index >= 15 is 0 Å². The molecule has 0 saturated carbocycles. The van der Waals surface area contributed by atoms with Crippen molar-refractivity contribution < 1.29 is 4.79 Å². The van der Waals surface area contributed by atoms with Gasteiger partial charge in [-0.3, -0.25) is 9.69 Å². The summed E-state index contributed by atoms with van der Waals surface area (Å²) in [5.74, 6) is 0.310. The van der Waals surface area contributed by atoms with E-state index in [4.69, 9.17) is 0 Å². The third kappa shape index (κ3) is 2.90. The van der Waals surface area contributed by atoms with E-state index in [1.54, 1.807) is 35.1 Å². The number of fused-ring (bicyclic) bond motifs is 2. The van der Waals surface area contributed by atoms with Gasteiger partial charge in [-0.05, 0) is 30.3 Å². The molecule has 1 aromatic heterocycles. The number of aromatic nitrogens is 2. The molecule has 0 fully saturated rings. The molecule has 1 amide bonds. The number of hydrogen-bond acceptors (Lipinski definition) is 5. The summed E-state index contributed by atoms with van der Waals surface area (Å²) in [6.07, 6.45) is 3.36. The Kier molecular flexibility index (Phi) is 4.23. The molecular weight excluding hydrogens is 338 g/mol. The van der Waals surface area contributed by atoms with Gasteiger partial charge in [-0.15, -0.1) is 0 Å². The van der Waals surface area contributed by atoms with E-state index in [0.29, 0.717) is 5.16 Å². The number of para-hydroxylation sites is 2. The number of anilines is 2. The molecular formula is C18H13N3OS2. The predicted molar refractivity (Wildman–Crippen MR) is 96.9 cm³/mol. The highest BCUT2D eigenvalue weighted by Gasteiger charge is 2.27. The molecule has 2 heterocycles. The van der Waals surface area contributed by atoms with E-state index in [-0.39, 0.29) is 11.7 Å². The molecule has 0 atom stereocenters. The molecule has 118 valence electrons. The monoisotopic (exact) mass is 351 g/mol. The quantitative estimate of drug-likeness (QED) is 0.517. The maximum absolute atomic E-state index is 12.9. The SMILES string of the molecule is O=C(CSc1ncccn1)N1c2ccccc2Sc2ccccc21. The minimum Gasteiger partial charge on any atom is -0.278 e. The van der Waals surface area contributed by atoms with Crippen LogP contribution in [0.15, 0.2) is 81.9 Å². The van der Waals surface area contributed by atoms with E-state index in [1.165, 1.54) is 11.8 Å². The zero-order chi connectivity index (χ0) is 16.4. The van der Waals surface area contributed by atoms with Crippen molar-refractivity contribution >= 4 is 40.8 Å². The van der Waals surface area contributed by atoms with E-state index in [1.807, 2.05) is 48.5 Å². The fourth-order valence-electron chi connectivity index (χ4n) is 2.52. The van der Waals surface area contributed by atoms with Crippen LogP contribution in [0.5, 0.6) is 0 Å². The molecule has 0 unspecified atom stereocenters. The zero-order valence-electron chi connectivity index (χ0n) is 12.6. The van der Waals surface area contributed by atoms with Crippen LogP contribution < -0.4 is 4.90 Å². The number of carbonyl (C=O) groups is 1. The average Bonchev–Trinajstić information content (AvgIpc) is 2.65. The molecule has 2 aromatic carbocycles. The van der Waals surface area contributed by atoms with E-state index in [2.05, 4.69) is 9.97 Å². The van der Waals surface area contributed by atoms with Crippen LogP contribution in [0.4, 0.5) is 11.4 Å². The second-order valence-corrected chi connectivity index (χ2v) is 7.11. The van der Waals surface area contributed by atoms with Crippen LogP contribution in [0.1, 0.15) is 0 Å². The summed E-state index contributed by atoms with van der Waals surface area (Å²) in [6, 6.07) is 17.7. The lowest BCUT2D eigenvalue weighted by Crippen LogP contribution is -2.30. The van der Waals surface area contributed by atoms with Gasteiger partial charge in [0.25, 0.3) is 0 Å². The van der Waals surface area contributed by atoms with Crippen LogP contribution in [-0.4, -0.2) is 21.6 Å². The second kappa shape index (κ2) is 6.67. The van der Waals surface area contributed by atoms with Gasteiger partial charge in [-0.2, -0.15) is 0 Å². The first kappa shape index (κ1) is 15.2. The number of amides is 1. The smallest absolute Gasteiger partial charge is 0.242 e. The number of thioether (sulfide) groups is 1. The highest BCUT2D eigenvalue weighted by Crippen LogP contribution is 2.48. The molecule has 0 N–H and O–H groups in total. The van der Waals surface area contributed by atoms with Gasteiger partial charge in [-0.1, -0.05) is 47.8 Å². The molecule has 0 aliphatic carbocycles. The van der Waals surface area contributed by atoms with Crippen molar-refractivity contribution in [2.24, 2.45) is 0 Å². The highest BCUT2D eigenvalue weighted by atomic mass is 32.2. The summed E-state index contributed by atoms with van der Waals surface area (Å²) in [5, 5.41) is 0.610. The molecule has 24 heavy (non-hydrogen) atoms. The summed E-state index contributed by atoms with van der Waals surface area (Å²) >= 11 is 3.04. The van der Waals surface area contributed by atoms with E-state index in [9.17, 15) is 4.79 Å². The average molecular weight is 351 g/mol. The summed E-state index contributed by atoms with van der Waals surface area (Å²) < 4.78 is 0. The summed E-state index contributed by atoms with van der Waals surface area (Å²) in [4.78, 5) is 25.2. The number of nitrogens with zero attached hydrogens (tertiary/aromatic N) is 3. The van der Waals surface area contributed by atoms with Crippen molar-refractivity contribution in [3.8, 4) is 0 Å². The third-order valence-electron chi connectivity index (χ3n) is 3.55. The maximum Gasteiger partial charge on any atom is 0.242 e. The highest BCUT2D eigenvalue weighted by molar-refractivity contribution is 8.00. The van der Waals surface area contributed by atoms with Crippen LogP contribution in [-0.2, 0) is 4.79 Å². The largest absolute Gasteiger partial charge is 0.278 e. The topological polar surface area (TPSA) is 46.1 Å². The molecule has 6 heteroatoms. The first-order chi connectivity index (χ1) is 11.8. The Labute approximate surface area is 148 Å². The van der Waals surface area contributed by atoms with Gasteiger partial charge in [0.15, 0.2) is 5.16 Å². The van der Waals surface area contributed by atoms with Gasteiger partial charge in [0.1, 0.15) is 0 Å². The van der Waals surface area contributed by atoms with Gasteiger partial charge < -0.3 is 0 Å². The molecule has 1 aliphatic rings. The summed E-state index contributed by atoms with van der Waals surface area (Å²) in [5.41, 5.74) is 1.86. The Morgan fingerprint density at radius 1 is 0.917 bits per heavy atom. The van der Waals surface area contributed by atoms with Crippen LogP contribution >= 0.6 is 23.5 Å². The fraction of sp³-hybridized carbons (Fsp3) is 0.0556. The van der Waals surface area contributed by atoms with E-state index in [0.717, 1.165) is 21.2 Å². The lowest BCUT2D eigenvalue weighted by molar-refractivity contribution is -0.115. The first-order valence-electron chi connectivity index (χ1n) is 7.41. The van der Waals surface area contributed by atoms with Crippen molar-refractivity contribution in [1.29, 1.82) is 0 Å². The Morgan fingerprint density at radius 2 is 1.50 bits per heavy atom. The lowest BCUT2D eigenvalue weighted by Gasteiger charge is -2.30. The number of benzene rings is 2. The van der Waals surface area contributed by atoms with Crippen LogP contribution in [0.25, 0.3) is 0 Å². The lowest BCUT2D eigenvalue weighted by atomic mass is 10.2. The molecule has 1 aliphatic heterocycles. The molecule has 0 saturated heterocycles. The Hall–Kier alpha value is -2.31. The Morgan fingerprint density at radius 3 is 2.12 bits per heavy atom. The van der Waals surface area contributed by atoms with Crippen molar-refractivity contribution in [3.63, 3.8) is 0 Å². The van der Waals surface area contributed by atoms with Crippen LogP contribution in [0.3, 0.4) is 0 Å².